The van der Waals surface area contributed by atoms with Crippen LogP contribution in [0.25, 0.3) is 0 Å². The zero-order valence-corrected chi connectivity index (χ0v) is 10.9. The molecule has 0 heterocycles. The van der Waals surface area contributed by atoms with E-state index >= 15 is 0 Å². The van der Waals surface area contributed by atoms with Crippen molar-refractivity contribution in [3.63, 3.8) is 0 Å². The van der Waals surface area contributed by atoms with Gasteiger partial charge in [-0.2, -0.15) is 10.6 Å². The fraction of sp³-hybridized carbons (Fsp3) is 0.273. The monoisotopic (exact) mass is 289 g/mol. The van der Waals surface area contributed by atoms with E-state index < -0.39 is 11.8 Å². The summed E-state index contributed by atoms with van der Waals surface area (Å²) >= 11 is 5.78. The second-order valence-electron chi connectivity index (χ2n) is 3.35. The third-order valence-corrected chi connectivity index (χ3v) is 2.31. The number of carbonyl (C=O) groups is 1. The number of hydrogen-bond donors (Lipinski definition) is 3. The van der Waals surface area contributed by atoms with E-state index in [2.05, 4.69) is 10.5 Å². The molecule has 0 saturated heterocycles. The molecule has 1 rings (SSSR count). The summed E-state index contributed by atoms with van der Waals surface area (Å²) in [5.41, 5.74) is 4.55. The van der Waals surface area contributed by atoms with Crippen LogP contribution in [-0.4, -0.2) is 30.0 Å². The Kier molecular flexibility index (Phi) is 6.20. The highest BCUT2D eigenvalue weighted by molar-refractivity contribution is 6.37. The molecule has 0 spiro atoms. The number of rotatable bonds is 6. The van der Waals surface area contributed by atoms with Crippen molar-refractivity contribution in [2.45, 2.75) is 6.92 Å². The molecule has 0 radical (unpaired) electrons. The first-order chi connectivity index (χ1) is 9.08. The number of carbonyl (C=O) groups excluding carboxylic acids is 1. The van der Waals surface area contributed by atoms with Crippen LogP contribution in [0.2, 0.25) is 5.02 Å². The molecule has 0 amide bonds. The number of hydrogen-bond acceptors (Lipinski definition) is 6. The zero-order chi connectivity index (χ0) is 14.3. The molecule has 1 aromatic rings. The van der Waals surface area contributed by atoms with Crippen LogP contribution in [0, 0.1) is 5.82 Å². The van der Waals surface area contributed by atoms with Gasteiger partial charge in [-0.05, 0) is 25.1 Å². The highest BCUT2D eigenvalue weighted by atomic mass is 35.5. The second-order valence-corrected chi connectivity index (χ2v) is 3.76. The second kappa shape index (κ2) is 7.67. The Labute approximate surface area is 114 Å². The predicted molar refractivity (Wildman–Crippen MR) is 68.9 cm³/mol. The number of halogens is 2. The van der Waals surface area contributed by atoms with Gasteiger partial charge in [0, 0.05) is 0 Å². The number of benzene rings is 1. The van der Waals surface area contributed by atoms with Gasteiger partial charge >= 0.3 is 5.97 Å². The topological polar surface area (TPSA) is 83.0 Å². The van der Waals surface area contributed by atoms with E-state index in [0.717, 1.165) is 6.07 Å². The Bertz CT molecular complexity index is 482. The molecule has 104 valence electrons. The van der Waals surface area contributed by atoms with Crippen molar-refractivity contribution in [2.24, 2.45) is 5.10 Å². The van der Waals surface area contributed by atoms with Gasteiger partial charge < -0.3 is 9.94 Å². The minimum absolute atomic E-state index is 0.0789. The van der Waals surface area contributed by atoms with Crippen molar-refractivity contribution in [2.75, 3.05) is 18.6 Å². The smallest absolute Gasteiger partial charge is 0.355 e. The van der Waals surface area contributed by atoms with Gasteiger partial charge in [0.15, 0.2) is 5.71 Å². The van der Waals surface area contributed by atoms with E-state index in [1.165, 1.54) is 12.1 Å². The van der Waals surface area contributed by atoms with Crippen LogP contribution >= 0.6 is 11.6 Å². The maximum atomic E-state index is 12.8. The summed E-state index contributed by atoms with van der Waals surface area (Å²) in [5.74, 6) is -1.17. The van der Waals surface area contributed by atoms with Crippen molar-refractivity contribution in [1.29, 1.82) is 0 Å². The average molecular weight is 290 g/mol. The summed E-state index contributed by atoms with van der Waals surface area (Å²) in [5, 5.41) is 12.5. The number of esters is 1. The molecule has 19 heavy (non-hydrogen) atoms. The molecule has 6 nitrogen and oxygen atoms in total. The number of nitrogens with zero attached hydrogens (tertiary/aromatic N) is 1. The van der Waals surface area contributed by atoms with Crippen LogP contribution in [0.1, 0.15) is 6.92 Å². The Morgan fingerprint density at radius 2 is 2.32 bits per heavy atom. The third-order valence-electron chi connectivity index (χ3n) is 2.00. The molecule has 0 fully saturated rings. The fourth-order valence-corrected chi connectivity index (χ4v) is 1.36. The molecule has 0 aliphatic heterocycles. The average Bonchev–Trinajstić information content (AvgIpc) is 2.36. The van der Waals surface area contributed by atoms with Gasteiger partial charge in [-0.15, -0.1) is 0 Å². The lowest BCUT2D eigenvalue weighted by Gasteiger charge is -2.07. The van der Waals surface area contributed by atoms with E-state index in [4.69, 9.17) is 21.5 Å². The quantitative estimate of drug-likeness (QED) is 0.422. The van der Waals surface area contributed by atoms with Crippen LogP contribution in [0.15, 0.2) is 23.3 Å². The largest absolute Gasteiger partial charge is 0.461 e. The number of hydroxylamine groups is 1. The van der Waals surface area contributed by atoms with E-state index in [0.29, 0.717) is 5.69 Å². The molecule has 0 atom stereocenters. The minimum atomic E-state index is -0.685. The first kappa shape index (κ1) is 15.4. The van der Waals surface area contributed by atoms with Crippen molar-refractivity contribution in [3.05, 3.63) is 29.0 Å². The molecule has 1 aromatic carbocycles. The van der Waals surface area contributed by atoms with Crippen molar-refractivity contribution >= 4 is 29.0 Å². The standard InChI is InChI=1S/C11H13ClFN3O3/c1-2-19-11(17)10(6-14-18)16-15-9-4-3-7(13)5-8(9)12/h3-5,14-15,18H,2,6H2,1H3/b16-10+. The lowest BCUT2D eigenvalue weighted by atomic mass is 10.3. The predicted octanol–water partition coefficient (Wildman–Crippen LogP) is 1.79. The summed E-state index contributed by atoms with van der Waals surface area (Å²) in [6, 6.07) is 3.67. The molecule has 0 aliphatic carbocycles. The van der Waals surface area contributed by atoms with Crippen LogP contribution in [-0.2, 0) is 9.53 Å². The first-order valence-corrected chi connectivity index (χ1v) is 5.78. The molecule has 8 heteroatoms. The SMILES string of the molecule is CCOC(=O)/C(CNO)=N/Nc1ccc(F)cc1Cl. The van der Waals surface area contributed by atoms with Gasteiger partial charge in [0.05, 0.1) is 23.9 Å². The van der Waals surface area contributed by atoms with Gasteiger partial charge in [0.25, 0.3) is 0 Å². The van der Waals surface area contributed by atoms with Crippen LogP contribution < -0.4 is 10.9 Å². The molecule has 0 aliphatic rings. The van der Waals surface area contributed by atoms with Gasteiger partial charge in [0.2, 0.25) is 0 Å². The summed E-state index contributed by atoms with van der Waals surface area (Å²) in [6.45, 7) is 1.62. The van der Waals surface area contributed by atoms with Crippen molar-refractivity contribution < 1.29 is 19.1 Å². The number of nitrogens with one attached hydrogen (secondary N) is 2. The highest BCUT2D eigenvalue weighted by Crippen LogP contribution is 2.22. The minimum Gasteiger partial charge on any atom is -0.461 e. The first-order valence-electron chi connectivity index (χ1n) is 5.40. The number of hydrazone groups is 1. The van der Waals surface area contributed by atoms with Crippen molar-refractivity contribution in [1.82, 2.24) is 5.48 Å². The maximum absolute atomic E-state index is 12.8. The van der Waals surface area contributed by atoms with E-state index in [1.807, 2.05) is 0 Å². The molecule has 3 N–H and O–H groups in total. The summed E-state index contributed by atoms with van der Waals surface area (Å²) in [7, 11) is 0. The van der Waals surface area contributed by atoms with Crippen LogP contribution in [0.3, 0.4) is 0 Å². The van der Waals surface area contributed by atoms with Crippen LogP contribution in [0.5, 0.6) is 0 Å². The Morgan fingerprint density at radius 3 is 2.89 bits per heavy atom. The Morgan fingerprint density at radius 1 is 1.58 bits per heavy atom. The van der Waals surface area contributed by atoms with Crippen molar-refractivity contribution in [3.8, 4) is 0 Å². The number of ether oxygens (including phenoxy) is 1. The lowest BCUT2D eigenvalue weighted by molar-refractivity contribution is -0.135. The number of anilines is 1. The summed E-state index contributed by atoms with van der Waals surface area (Å²) < 4.78 is 17.6. The molecule has 0 unspecified atom stereocenters. The van der Waals surface area contributed by atoms with Gasteiger partial charge in [-0.1, -0.05) is 11.6 Å². The zero-order valence-electron chi connectivity index (χ0n) is 10.1. The normalized spacial score (nSPS) is 11.3. The summed E-state index contributed by atoms with van der Waals surface area (Å²) in [6.07, 6.45) is 0. The Hall–Kier alpha value is -1.70. The van der Waals surface area contributed by atoms with Crippen LogP contribution in [0.4, 0.5) is 10.1 Å². The lowest BCUT2D eigenvalue weighted by Crippen LogP contribution is -2.29. The van der Waals surface area contributed by atoms with E-state index in [-0.39, 0.29) is 23.9 Å². The third kappa shape index (κ3) is 4.82. The van der Waals surface area contributed by atoms with Gasteiger partial charge in [-0.3, -0.25) is 5.43 Å². The van der Waals surface area contributed by atoms with E-state index in [9.17, 15) is 9.18 Å². The maximum Gasteiger partial charge on any atom is 0.355 e. The Balaban J connectivity index is 2.82. The van der Waals surface area contributed by atoms with E-state index in [1.54, 1.807) is 12.4 Å². The molecular weight excluding hydrogens is 277 g/mol. The molecule has 0 bridgehead atoms. The highest BCUT2D eigenvalue weighted by Gasteiger charge is 2.12. The molecular formula is C11H13ClFN3O3. The molecule has 0 saturated carbocycles. The summed E-state index contributed by atoms with van der Waals surface area (Å²) in [4.78, 5) is 11.5. The molecule has 0 aromatic heterocycles. The fourth-order valence-electron chi connectivity index (χ4n) is 1.15. The van der Waals surface area contributed by atoms with Gasteiger partial charge in [-0.25, -0.2) is 9.18 Å². The van der Waals surface area contributed by atoms with Gasteiger partial charge in [0.1, 0.15) is 5.82 Å².